The molecule has 1 saturated carbocycles. The van der Waals surface area contributed by atoms with Crippen molar-refractivity contribution in [3.05, 3.63) is 0 Å². The number of rotatable bonds is 3. The van der Waals surface area contributed by atoms with Gasteiger partial charge in [-0.25, -0.2) is 13.1 Å². The maximum Gasteiger partial charge on any atom is 0.217 e. The zero-order valence-electron chi connectivity index (χ0n) is 9.12. The number of hydrogen-bond donors (Lipinski definition) is 2. The molecule has 0 aromatic rings. The monoisotopic (exact) mass is 234 g/mol. The van der Waals surface area contributed by atoms with Crippen molar-refractivity contribution in [1.82, 2.24) is 10.0 Å². The molecule has 0 spiro atoms. The fourth-order valence-corrected chi connectivity index (χ4v) is 2.79. The third kappa shape index (κ3) is 5.13. The molecule has 1 amide bonds. The second kappa shape index (κ2) is 4.94. The van der Waals surface area contributed by atoms with Gasteiger partial charge in [-0.2, -0.15) is 0 Å². The summed E-state index contributed by atoms with van der Waals surface area (Å²) in [6.07, 6.45) is 4.43. The molecule has 0 radical (unpaired) electrons. The number of carbonyl (C=O) groups excluding carboxylic acids is 1. The predicted octanol–water partition coefficient (Wildman–Crippen LogP) is -0.0171. The molecule has 88 valence electrons. The molecule has 0 heterocycles. The summed E-state index contributed by atoms with van der Waals surface area (Å²) in [4.78, 5) is 10.8. The van der Waals surface area contributed by atoms with Crippen molar-refractivity contribution in [2.45, 2.75) is 44.7 Å². The molecule has 1 fully saturated rings. The second-order valence-corrected chi connectivity index (χ2v) is 5.92. The molecule has 6 heteroatoms. The Balaban J connectivity index is 2.33. The highest BCUT2D eigenvalue weighted by Gasteiger charge is 2.23. The largest absolute Gasteiger partial charge is 0.354 e. The quantitative estimate of drug-likeness (QED) is 0.721. The van der Waals surface area contributed by atoms with Crippen molar-refractivity contribution in [2.24, 2.45) is 0 Å². The van der Waals surface area contributed by atoms with Crippen molar-refractivity contribution in [3.63, 3.8) is 0 Å². The highest BCUT2D eigenvalue weighted by Crippen LogP contribution is 2.18. The first-order chi connectivity index (χ1) is 6.87. The van der Waals surface area contributed by atoms with Crippen molar-refractivity contribution in [3.8, 4) is 0 Å². The lowest BCUT2D eigenvalue weighted by atomic mass is 9.92. The van der Waals surface area contributed by atoms with Gasteiger partial charge in [0.25, 0.3) is 0 Å². The van der Waals surface area contributed by atoms with Crippen LogP contribution in [0.15, 0.2) is 0 Å². The standard InChI is InChI=1S/C9H18N2O3S/c1-7(12)10-8-3-5-9(6-4-8)11-15(2,13)14/h8-9,11H,3-6H2,1-2H3,(H,10,12)/t8-,9-. The topological polar surface area (TPSA) is 75.3 Å². The maximum absolute atomic E-state index is 11.0. The van der Waals surface area contributed by atoms with Crippen LogP contribution >= 0.6 is 0 Å². The minimum Gasteiger partial charge on any atom is -0.354 e. The van der Waals surface area contributed by atoms with Gasteiger partial charge in [-0.1, -0.05) is 0 Å². The SMILES string of the molecule is CC(=O)N[C@H]1CC[C@H](NS(C)(=O)=O)CC1. The van der Waals surface area contributed by atoms with E-state index in [4.69, 9.17) is 0 Å². The van der Waals surface area contributed by atoms with E-state index in [2.05, 4.69) is 10.0 Å². The summed E-state index contributed by atoms with van der Waals surface area (Å²) in [5.74, 6) is -0.0190. The van der Waals surface area contributed by atoms with Crippen LogP contribution in [0.5, 0.6) is 0 Å². The van der Waals surface area contributed by atoms with Crippen LogP contribution in [-0.2, 0) is 14.8 Å². The summed E-state index contributed by atoms with van der Waals surface area (Å²) in [5.41, 5.74) is 0. The molecule has 0 atom stereocenters. The molecule has 5 nitrogen and oxygen atoms in total. The van der Waals surface area contributed by atoms with E-state index >= 15 is 0 Å². The fraction of sp³-hybridized carbons (Fsp3) is 0.889. The number of nitrogens with one attached hydrogen (secondary N) is 2. The van der Waals surface area contributed by atoms with E-state index in [0.717, 1.165) is 25.7 Å². The molecule has 0 aromatic heterocycles. The highest BCUT2D eigenvalue weighted by atomic mass is 32.2. The second-order valence-electron chi connectivity index (χ2n) is 4.14. The molecule has 1 aliphatic carbocycles. The third-order valence-electron chi connectivity index (χ3n) is 2.52. The summed E-state index contributed by atoms with van der Waals surface area (Å²) < 4.78 is 24.5. The fourth-order valence-electron chi connectivity index (χ4n) is 1.95. The van der Waals surface area contributed by atoms with E-state index < -0.39 is 10.0 Å². The molecule has 0 saturated heterocycles. The smallest absolute Gasteiger partial charge is 0.217 e. The number of carbonyl (C=O) groups is 1. The van der Waals surface area contributed by atoms with Crippen molar-refractivity contribution >= 4 is 15.9 Å². The summed E-state index contributed by atoms with van der Waals surface area (Å²) in [7, 11) is -3.10. The number of hydrogen-bond acceptors (Lipinski definition) is 3. The van der Waals surface area contributed by atoms with Crippen LogP contribution < -0.4 is 10.0 Å². The van der Waals surface area contributed by atoms with Gasteiger partial charge in [0.05, 0.1) is 6.26 Å². The molecule has 0 bridgehead atoms. The average molecular weight is 234 g/mol. The van der Waals surface area contributed by atoms with Gasteiger partial charge in [-0.3, -0.25) is 4.79 Å². The minimum absolute atomic E-state index is 0.0190. The normalized spacial score (nSPS) is 27.3. The van der Waals surface area contributed by atoms with E-state index in [9.17, 15) is 13.2 Å². The van der Waals surface area contributed by atoms with Crippen molar-refractivity contribution in [1.29, 1.82) is 0 Å². The molecule has 1 rings (SSSR count). The molecule has 2 N–H and O–H groups in total. The van der Waals surface area contributed by atoms with Gasteiger partial charge in [0.2, 0.25) is 15.9 Å². The highest BCUT2D eigenvalue weighted by molar-refractivity contribution is 7.88. The lowest BCUT2D eigenvalue weighted by molar-refractivity contribution is -0.119. The molecule has 0 aromatic carbocycles. The molecule has 0 aliphatic heterocycles. The van der Waals surface area contributed by atoms with Crippen molar-refractivity contribution < 1.29 is 13.2 Å². The van der Waals surface area contributed by atoms with Gasteiger partial charge < -0.3 is 5.32 Å². The zero-order valence-corrected chi connectivity index (χ0v) is 9.93. The van der Waals surface area contributed by atoms with E-state index in [0.29, 0.717) is 0 Å². The van der Waals surface area contributed by atoms with Crippen LogP contribution in [-0.4, -0.2) is 32.7 Å². The van der Waals surface area contributed by atoms with Crippen LogP contribution in [0.25, 0.3) is 0 Å². The molecular formula is C9H18N2O3S. The van der Waals surface area contributed by atoms with Crippen LogP contribution in [0.1, 0.15) is 32.6 Å². The van der Waals surface area contributed by atoms with E-state index in [1.807, 2.05) is 0 Å². The Kier molecular flexibility index (Phi) is 4.10. The van der Waals surface area contributed by atoms with Crippen molar-refractivity contribution in [2.75, 3.05) is 6.26 Å². The average Bonchev–Trinajstić information content (AvgIpc) is 2.05. The molecule has 15 heavy (non-hydrogen) atoms. The van der Waals surface area contributed by atoms with Crippen LogP contribution in [0.4, 0.5) is 0 Å². The molecular weight excluding hydrogens is 216 g/mol. The Hall–Kier alpha value is -0.620. The molecule has 0 unspecified atom stereocenters. The lowest BCUT2D eigenvalue weighted by Gasteiger charge is -2.28. The Morgan fingerprint density at radius 3 is 2.00 bits per heavy atom. The van der Waals surface area contributed by atoms with Crippen LogP contribution in [0, 0.1) is 0 Å². The Bertz CT molecular complexity index is 318. The Morgan fingerprint density at radius 1 is 1.13 bits per heavy atom. The summed E-state index contributed by atoms with van der Waals surface area (Å²) >= 11 is 0. The molecule has 1 aliphatic rings. The van der Waals surface area contributed by atoms with Gasteiger partial charge in [-0.05, 0) is 25.7 Å². The first-order valence-electron chi connectivity index (χ1n) is 5.11. The number of amides is 1. The van der Waals surface area contributed by atoms with Crippen LogP contribution in [0.3, 0.4) is 0 Å². The van der Waals surface area contributed by atoms with Gasteiger partial charge in [-0.15, -0.1) is 0 Å². The third-order valence-corrected chi connectivity index (χ3v) is 3.28. The lowest BCUT2D eigenvalue weighted by Crippen LogP contribution is -2.42. The van der Waals surface area contributed by atoms with E-state index in [1.54, 1.807) is 0 Å². The summed E-state index contributed by atoms with van der Waals surface area (Å²) in [5, 5.41) is 2.85. The Labute approximate surface area is 90.7 Å². The zero-order chi connectivity index (χ0) is 11.5. The predicted molar refractivity (Wildman–Crippen MR) is 57.8 cm³/mol. The van der Waals surface area contributed by atoms with Gasteiger partial charge in [0.1, 0.15) is 0 Å². The summed E-state index contributed by atoms with van der Waals surface area (Å²) in [6, 6.07) is 0.241. The number of sulfonamides is 1. The van der Waals surface area contributed by atoms with Gasteiger partial charge in [0.15, 0.2) is 0 Å². The summed E-state index contributed by atoms with van der Waals surface area (Å²) in [6.45, 7) is 1.50. The maximum atomic E-state index is 11.0. The first kappa shape index (κ1) is 12.4. The van der Waals surface area contributed by atoms with Gasteiger partial charge in [0, 0.05) is 19.0 Å². The van der Waals surface area contributed by atoms with E-state index in [1.165, 1.54) is 13.2 Å². The Morgan fingerprint density at radius 2 is 1.60 bits per heavy atom. The minimum atomic E-state index is -3.10. The van der Waals surface area contributed by atoms with E-state index in [-0.39, 0.29) is 18.0 Å². The van der Waals surface area contributed by atoms with Gasteiger partial charge >= 0.3 is 0 Å². The van der Waals surface area contributed by atoms with Crippen LogP contribution in [0.2, 0.25) is 0 Å². The first-order valence-corrected chi connectivity index (χ1v) is 7.00.